The highest BCUT2D eigenvalue weighted by atomic mass is 16.8. The zero-order valence-corrected chi connectivity index (χ0v) is 27.4. The molecule has 8 nitrogen and oxygen atoms in total. The van der Waals surface area contributed by atoms with E-state index in [4.69, 9.17) is 9.47 Å². The summed E-state index contributed by atoms with van der Waals surface area (Å²) in [5.74, 6) is -0.165. The zero-order valence-electron chi connectivity index (χ0n) is 27.4. The van der Waals surface area contributed by atoms with Crippen molar-refractivity contribution in [3.05, 3.63) is 60.2 Å². The fourth-order valence-electron chi connectivity index (χ4n) is 8.04. The molecule has 0 bridgehead atoms. The van der Waals surface area contributed by atoms with Crippen LogP contribution < -0.4 is 0 Å². The highest BCUT2D eigenvalue weighted by Crippen LogP contribution is 2.35. The summed E-state index contributed by atoms with van der Waals surface area (Å²) in [4.78, 5) is 16.2. The number of ether oxygens (including phenoxy) is 2. The molecular weight excluding hydrogens is 562 g/mol. The van der Waals surface area contributed by atoms with Gasteiger partial charge < -0.3 is 14.4 Å². The molecule has 45 heavy (non-hydrogen) atoms. The maximum Gasteiger partial charge on any atom is 0.315 e. The molecule has 5 heterocycles. The Morgan fingerprint density at radius 1 is 0.644 bits per heavy atom. The third-order valence-electron chi connectivity index (χ3n) is 11.1. The number of hydrogen-bond acceptors (Lipinski definition) is 7. The summed E-state index contributed by atoms with van der Waals surface area (Å²) in [5, 5.41) is 14.6. The second kappa shape index (κ2) is 16.8. The summed E-state index contributed by atoms with van der Waals surface area (Å²) in [5.41, 5.74) is 2.43. The Morgan fingerprint density at radius 2 is 1.24 bits per heavy atom. The summed E-state index contributed by atoms with van der Waals surface area (Å²) >= 11 is 0. The minimum atomic E-state index is -1.74. The van der Waals surface area contributed by atoms with Crippen molar-refractivity contribution in [1.29, 1.82) is 0 Å². The molecule has 0 amide bonds. The van der Waals surface area contributed by atoms with E-state index in [2.05, 4.69) is 48.9 Å². The SMILES string of the molecule is [O]C(OCC1CCN(Cc2ccncc2)CC1)(OCC1CCN(Cc2ccccn2)CC1)C1CCN(CC2CCCCC2)CC1. The van der Waals surface area contributed by atoms with Gasteiger partial charge in [-0.25, -0.2) is 0 Å². The standard InChI is InChI=1S/C37H56N5O3/c43-37(35-15-24-41(25-16-35)26-31-6-2-1-3-7-31,44-29-33-11-20-40(21-12-33)27-32-9-18-38-19-10-32)45-30-34-13-22-42(23-14-34)28-36-8-4-5-17-39-36/h4-5,8-10,17-19,31,33-35H,1-3,6-7,11-16,20-30H2. The lowest BCUT2D eigenvalue weighted by atomic mass is 9.87. The lowest BCUT2D eigenvalue weighted by Crippen LogP contribution is -2.50. The van der Waals surface area contributed by atoms with E-state index in [1.807, 2.05) is 24.7 Å². The third-order valence-corrected chi connectivity index (χ3v) is 11.1. The van der Waals surface area contributed by atoms with E-state index < -0.39 is 5.97 Å². The fraction of sp³-hybridized carbons (Fsp3) is 0.730. The summed E-state index contributed by atoms with van der Waals surface area (Å²) in [6.07, 6.45) is 18.5. The van der Waals surface area contributed by atoms with Gasteiger partial charge in [-0.15, -0.1) is 0 Å². The van der Waals surface area contributed by atoms with Crippen LogP contribution in [0.25, 0.3) is 0 Å². The molecule has 1 unspecified atom stereocenters. The van der Waals surface area contributed by atoms with E-state index in [1.54, 1.807) is 0 Å². The molecule has 0 aromatic carbocycles. The smallest absolute Gasteiger partial charge is 0.315 e. The molecule has 2 aromatic heterocycles. The van der Waals surface area contributed by atoms with Crippen molar-refractivity contribution < 1.29 is 14.6 Å². The predicted octanol–water partition coefficient (Wildman–Crippen LogP) is 6.01. The van der Waals surface area contributed by atoms with E-state index in [0.717, 1.165) is 102 Å². The molecule has 1 atom stereocenters. The number of rotatable bonds is 13. The van der Waals surface area contributed by atoms with Crippen molar-refractivity contribution in [2.45, 2.75) is 89.7 Å². The van der Waals surface area contributed by atoms with Crippen molar-refractivity contribution in [1.82, 2.24) is 24.7 Å². The Labute approximate surface area is 271 Å². The molecule has 6 rings (SSSR count). The number of piperidine rings is 3. The van der Waals surface area contributed by atoms with E-state index in [9.17, 15) is 5.11 Å². The van der Waals surface area contributed by atoms with Gasteiger partial charge in [-0.2, -0.15) is 5.11 Å². The van der Waals surface area contributed by atoms with E-state index in [1.165, 1.54) is 44.2 Å². The first kappa shape index (κ1) is 33.0. The predicted molar refractivity (Wildman–Crippen MR) is 176 cm³/mol. The average Bonchev–Trinajstić information content (AvgIpc) is 3.09. The lowest BCUT2D eigenvalue weighted by Gasteiger charge is -2.42. The molecule has 4 fully saturated rings. The number of hydrogen-bond donors (Lipinski definition) is 0. The topological polar surface area (TPSA) is 73.9 Å². The average molecular weight is 619 g/mol. The monoisotopic (exact) mass is 618 g/mol. The van der Waals surface area contributed by atoms with Gasteiger partial charge in [-0.05, 0) is 138 Å². The normalized spacial score (nSPS) is 24.1. The van der Waals surface area contributed by atoms with Crippen LogP contribution in [0.2, 0.25) is 0 Å². The van der Waals surface area contributed by atoms with E-state index in [-0.39, 0.29) is 5.92 Å². The first-order valence-electron chi connectivity index (χ1n) is 18.1. The fourth-order valence-corrected chi connectivity index (χ4v) is 8.04. The van der Waals surface area contributed by atoms with E-state index in [0.29, 0.717) is 25.0 Å². The number of pyridine rings is 2. The van der Waals surface area contributed by atoms with Crippen LogP contribution in [-0.2, 0) is 27.7 Å². The summed E-state index contributed by atoms with van der Waals surface area (Å²) in [7, 11) is 0. The molecule has 1 aliphatic carbocycles. The van der Waals surface area contributed by atoms with E-state index >= 15 is 0 Å². The van der Waals surface area contributed by atoms with Crippen LogP contribution in [0, 0.1) is 23.7 Å². The Hall–Kier alpha value is -1.94. The lowest BCUT2D eigenvalue weighted by molar-refractivity contribution is -0.421. The van der Waals surface area contributed by atoms with Crippen molar-refractivity contribution in [3.8, 4) is 0 Å². The van der Waals surface area contributed by atoms with Crippen molar-refractivity contribution >= 4 is 0 Å². The van der Waals surface area contributed by atoms with Gasteiger partial charge in [-0.1, -0.05) is 25.3 Å². The van der Waals surface area contributed by atoms with Crippen molar-refractivity contribution in [2.24, 2.45) is 23.7 Å². The molecule has 247 valence electrons. The molecule has 1 saturated carbocycles. The quantitative estimate of drug-likeness (QED) is 0.255. The van der Waals surface area contributed by atoms with Gasteiger partial charge >= 0.3 is 5.97 Å². The third kappa shape index (κ3) is 10.0. The minimum absolute atomic E-state index is 0.0869. The molecule has 4 aliphatic rings. The summed E-state index contributed by atoms with van der Waals surface area (Å²) in [6.45, 7) is 10.2. The van der Waals surface area contributed by atoms with Gasteiger partial charge in [0.25, 0.3) is 0 Å². The van der Waals surface area contributed by atoms with Gasteiger partial charge in [0.2, 0.25) is 0 Å². The summed E-state index contributed by atoms with van der Waals surface area (Å²) < 4.78 is 12.8. The van der Waals surface area contributed by atoms with Gasteiger partial charge in [0, 0.05) is 44.1 Å². The molecule has 1 radical (unpaired) electrons. The molecular formula is C37H56N5O3. The first-order valence-corrected chi connectivity index (χ1v) is 18.1. The van der Waals surface area contributed by atoms with Crippen LogP contribution in [-0.4, -0.2) is 89.7 Å². The molecule has 3 saturated heterocycles. The maximum atomic E-state index is 14.6. The second-order valence-corrected chi connectivity index (χ2v) is 14.4. The van der Waals surface area contributed by atoms with Gasteiger partial charge in [0.1, 0.15) is 0 Å². The van der Waals surface area contributed by atoms with Crippen LogP contribution in [0.15, 0.2) is 48.9 Å². The molecule has 2 aromatic rings. The zero-order chi connectivity index (χ0) is 30.7. The van der Waals surface area contributed by atoms with Crippen LogP contribution in [0.5, 0.6) is 0 Å². The van der Waals surface area contributed by atoms with Crippen LogP contribution in [0.1, 0.15) is 81.9 Å². The van der Waals surface area contributed by atoms with Gasteiger partial charge in [0.15, 0.2) is 0 Å². The van der Waals surface area contributed by atoms with Gasteiger partial charge in [-0.3, -0.25) is 19.8 Å². The van der Waals surface area contributed by atoms with Crippen LogP contribution in [0.4, 0.5) is 0 Å². The number of likely N-dealkylation sites (tertiary alicyclic amines) is 3. The largest absolute Gasteiger partial charge is 0.325 e. The van der Waals surface area contributed by atoms with Crippen molar-refractivity contribution in [3.63, 3.8) is 0 Å². The number of aromatic nitrogens is 2. The van der Waals surface area contributed by atoms with Crippen molar-refractivity contribution in [2.75, 3.05) is 59.0 Å². The summed E-state index contributed by atoms with van der Waals surface area (Å²) in [6, 6.07) is 10.3. The minimum Gasteiger partial charge on any atom is -0.325 e. The Bertz CT molecular complexity index is 1030. The van der Waals surface area contributed by atoms with Crippen LogP contribution in [0.3, 0.4) is 0 Å². The van der Waals surface area contributed by atoms with Gasteiger partial charge in [0.05, 0.1) is 18.9 Å². The Balaban J connectivity index is 0.992. The molecule has 8 heteroatoms. The Morgan fingerprint density at radius 3 is 1.84 bits per heavy atom. The first-order chi connectivity index (χ1) is 22.1. The highest BCUT2D eigenvalue weighted by Gasteiger charge is 2.44. The molecule has 0 N–H and O–H groups in total. The molecule has 3 aliphatic heterocycles. The van der Waals surface area contributed by atoms with Crippen LogP contribution >= 0.6 is 0 Å². The number of nitrogens with zero attached hydrogens (tertiary/aromatic N) is 5. The highest BCUT2D eigenvalue weighted by molar-refractivity contribution is 5.09. The second-order valence-electron chi connectivity index (χ2n) is 14.4. The molecule has 0 spiro atoms. The maximum absolute atomic E-state index is 14.6. The Kier molecular flexibility index (Phi) is 12.3.